The summed E-state index contributed by atoms with van der Waals surface area (Å²) in [6, 6.07) is 11.9. The second kappa shape index (κ2) is 7.36. The molecular weight excluding hydrogens is 350 g/mol. The minimum Gasteiger partial charge on any atom is -0.329 e. The summed E-state index contributed by atoms with van der Waals surface area (Å²) in [5.41, 5.74) is 9.05. The monoisotopic (exact) mass is 367 g/mol. The quantitative estimate of drug-likeness (QED) is 0.869. The summed E-state index contributed by atoms with van der Waals surface area (Å²) in [6.45, 7) is 3.22. The highest BCUT2D eigenvalue weighted by molar-refractivity contribution is 9.10. The van der Waals surface area contributed by atoms with Crippen molar-refractivity contribution in [3.05, 3.63) is 62.8 Å². The van der Waals surface area contributed by atoms with Crippen molar-refractivity contribution in [1.82, 2.24) is 9.88 Å². The largest absolute Gasteiger partial charge is 0.329 e. The number of aryl methyl sites for hydroxylation is 1. The van der Waals surface area contributed by atoms with Crippen molar-refractivity contribution in [2.75, 3.05) is 13.6 Å². The molecule has 5 heteroatoms. The second-order valence-electron chi connectivity index (χ2n) is 5.10. The zero-order valence-electron chi connectivity index (χ0n) is 12.2. The molecule has 2 N–H and O–H groups in total. The minimum absolute atomic E-state index is 0.0531. The van der Waals surface area contributed by atoms with Gasteiger partial charge < -0.3 is 5.73 Å². The Bertz CT molecular complexity index is 618. The second-order valence-corrected chi connectivity index (χ2v) is 6.43. The Labute approximate surface area is 139 Å². The Kier molecular flexibility index (Phi) is 5.76. The number of rotatable bonds is 5. The van der Waals surface area contributed by atoms with Crippen LogP contribution in [0.25, 0.3) is 0 Å². The van der Waals surface area contributed by atoms with Gasteiger partial charge in [0.05, 0.1) is 5.69 Å². The Hall–Kier alpha value is -0.940. The lowest BCUT2D eigenvalue weighted by Gasteiger charge is -2.28. The summed E-state index contributed by atoms with van der Waals surface area (Å²) >= 11 is 9.81. The van der Waals surface area contributed by atoms with Gasteiger partial charge in [-0.3, -0.25) is 9.88 Å². The SMILES string of the molecule is Cc1cccc(CN(C)C(CN)c2cc(Br)ccc2Cl)n1. The molecule has 1 aromatic carbocycles. The molecule has 0 aliphatic rings. The van der Waals surface area contributed by atoms with Gasteiger partial charge in [-0.15, -0.1) is 0 Å². The molecule has 112 valence electrons. The van der Waals surface area contributed by atoms with Crippen LogP contribution in [0.4, 0.5) is 0 Å². The predicted octanol–water partition coefficient (Wildman–Crippen LogP) is 3.94. The van der Waals surface area contributed by atoms with Gasteiger partial charge in [-0.2, -0.15) is 0 Å². The van der Waals surface area contributed by atoms with E-state index in [1.807, 2.05) is 50.4 Å². The van der Waals surface area contributed by atoms with E-state index in [0.29, 0.717) is 6.54 Å². The number of benzene rings is 1. The summed E-state index contributed by atoms with van der Waals surface area (Å²) in [5.74, 6) is 0. The molecule has 1 heterocycles. The molecule has 0 saturated heterocycles. The van der Waals surface area contributed by atoms with Gasteiger partial charge in [-0.05, 0) is 49.9 Å². The molecule has 0 aliphatic carbocycles. The topological polar surface area (TPSA) is 42.1 Å². The van der Waals surface area contributed by atoms with Crippen LogP contribution in [0.15, 0.2) is 40.9 Å². The van der Waals surface area contributed by atoms with Gasteiger partial charge in [0.25, 0.3) is 0 Å². The third-order valence-electron chi connectivity index (χ3n) is 3.43. The number of hydrogen-bond donors (Lipinski definition) is 1. The van der Waals surface area contributed by atoms with Crippen molar-refractivity contribution in [2.45, 2.75) is 19.5 Å². The summed E-state index contributed by atoms with van der Waals surface area (Å²) in [6.07, 6.45) is 0. The number of nitrogens with zero attached hydrogens (tertiary/aromatic N) is 2. The van der Waals surface area contributed by atoms with Crippen LogP contribution in [-0.2, 0) is 6.54 Å². The average Bonchev–Trinajstić information content (AvgIpc) is 2.43. The normalized spacial score (nSPS) is 12.7. The molecule has 0 radical (unpaired) electrons. The van der Waals surface area contributed by atoms with Crippen LogP contribution in [0, 0.1) is 6.92 Å². The maximum atomic E-state index is 6.32. The number of pyridine rings is 1. The van der Waals surface area contributed by atoms with Crippen LogP contribution >= 0.6 is 27.5 Å². The van der Waals surface area contributed by atoms with Crippen molar-refractivity contribution in [3.8, 4) is 0 Å². The fourth-order valence-electron chi connectivity index (χ4n) is 2.37. The smallest absolute Gasteiger partial charge is 0.0547 e. The average molecular weight is 369 g/mol. The molecule has 0 spiro atoms. The van der Waals surface area contributed by atoms with E-state index in [9.17, 15) is 0 Å². The summed E-state index contributed by atoms with van der Waals surface area (Å²) in [4.78, 5) is 6.71. The van der Waals surface area contributed by atoms with E-state index >= 15 is 0 Å². The standard InChI is InChI=1S/C16H19BrClN3/c1-11-4-3-5-13(20-11)10-21(2)16(9-19)14-8-12(17)6-7-15(14)18/h3-8,16H,9-10,19H2,1-2H3. The molecular formula is C16H19BrClN3. The third kappa shape index (κ3) is 4.27. The van der Waals surface area contributed by atoms with Gasteiger partial charge in [0.2, 0.25) is 0 Å². The number of aromatic nitrogens is 1. The molecule has 21 heavy (non-hydrogen) atoms. The fourth-order valence-corrected chi connectivity index (χ4v) is 2.99. The highest BCUT2D eigenvalue weighted by atomic mass is 79.9. The van der Waals surface area contributed by atoms with Crippen LogP contribution in [-0.4, -0.2) is 23.5 Å². The van der Waals surface area contributed by atoms with E-state index < -0.39 is 0 Å². The molecule has 1 aromatic heterocycles. The molecule has 0 aliphatic heterocycles. The first-order valence-corrected chi connectivity index (χ1v) is 7.96. The maximum absolute atomic E-state index is 6.32. The Morgan fingerprint density at radius 3 is 2.76 bits per heavy atom. The fraction of sp³-hybridized carbons (Fsp3) is 0.312. The van der Waals surface area contributed by atoms with E-state index in [2.05, 4.69) is 25.8 Å². The lowest BCUT2D eigenvalue weighted by Crippen LogP contribution is -2.30. The number of halogens is 2. The van der Waals surface area contributed by atoms with E-state index in [-0.39, 0.29) is 6.04 Å². The highest BCUT2D eigenvalue weighted by Gasteiger charge is 2.19. The molecule has 3 nitrogen and oxygen atoms in total. The molecule has 0 saturated carbocycles. The van der Waals surface area contributed by atoms with Crippen molar-refractivity contribution in [3.63, 3.8) is 0 Å². The Morgan fingerprint density at radius 1 is 1.33 bits per heavy atom. The zero-order chi connectivity index (χ0) is 15.4. The van der Waals surface area contributed by atoms with E-state index in [4.69, 9.17) is 17.3 Å². The molecule has 0 fully saturated rings. The van der Waals surface area contributed by atoms with Crippen molar-refractivity contribution >= 4 is 27.5 Å². The molecule has 2 aromatic rings. The number of likely N-dealkylation sites (N-methyl/N-ethyl adjacent to an activating group) is 1. The van der Waals surface area contributed by atoms with Gasteiger partial charge in [0.15, 0.2) is 0 Å². The lowest BCUT2D eigenvalue weighted by molar-refractivity contribution is 0.239. The van der Waals surface area contributed by atoms with E-state index in [1.165, 1.54) is 0 Å². The van der Waals surface area contributed by atoms with Crippen molar-refractivity contribution in [1.29, 1.82) is 0 Å². The molecule has 0 bridgehead atoms. The summed E-state index contributed by atoms with van der Waals surface area (Å²) in [5, 5.41) is 0.734. The summed E-state index contributed by atoms with van der Waals surface area (Å²) < 4.78 is 1.00. The van der Waals surface area contributed by atoms with Gasteiger partial charge in [-0.1, -0.05) is 33.6 Å². The third-order valence-corrected chi connectivity index (χ3v) is 4.27. The van der Waals surface area contributed by atoms with Crippen LogP contribution in [0.5, 0.6) is 0 Å². The first-order chi connectivity index (χ1) is 10.0. The van der Waals surface area contributed by atoms with Crippen LogP contribution in [0.3, 0.4) is 0 Å². The Morgan fingerprint density at radius 2 is 2.10 bits per heavy atom. The van der Waals surface area contributed by atoms with Gasteiger partial charge in [0.1, 0.15) is 0 Å². The van der Waals surface area contributed by atoms with Gasteiger partial charge in [-0.25, -0.2) is 0 Å². The van der Waals surface area contributed by atoms with E-state index in [1.54, 1.807) is 0 Å². The van der Waals surface area contributed by atoms with E-state index in [0.717, 1.165) is 33.0 Å². The zero-order valence-corrected chi connectivity index (χ0v) is 14.5. The lowest BCUT2D eigenvalue weighted by atomic mass is 10.1. The summed E-state index contributed by atoms with van der Waals surface area (Å²) in [7, 11) is 2.04. The van der Waals surface area contributed by atoms with Gasteiger partial charge in [0, 0.05) is 34.3 Å². The van der Waals surface area contributed by atoms with Crippen molar-refractivity contribution < 1.29 is 0 Å². The molecule has 0 amide bonds. The molecule has 2 rings (SSSR count). The Balaban J connectivity index is 2.22. The minimum atomic E-state index is 0.0531. The van der Waals surface area contributed by atoms with Crippen molar-refractivity contribution in [2.24, 2.45) is 5.73 Å². The number of nitrogens with two attached hydrogens (primary N) is 1. The highest BCUT2D eigenvalue weighted by Crippen LogP contribution is 2.29. The van der Waals surface area contributed by atoms with Crippen LogP contribution < -0.4 is 5.73 Å². The van der Waals surface area contributed by atoms with Crippen LogP contribution in [0.2, 0.25) is 5.02 Å². The first-order valence-electron chi connectivity index (χ1n) is 6.79. The van der Waals surface area contributed by atoms with Crippen LogP contribution in [0.1, 0.15) is 23.0 Å². The molecule has 1 unspecified atom stereocenters. The maximum Gasteiger partial charge on any atom is 0.0547 e. The first kappa shape index (κ1) is 16.4. The van der Waals surface area contributed by atoms with Gasteiger partial charge >= 0.3 is 0 Å². The number of hydrogen-bond acceptors (Lipinski definition) is 3. The molecule has 1 atom stereocenters. The predicted molar refractivity (Wildman–Crippen MR) is 91.4 cm³/mol.